The molecule has 1 aromatic heterocycles. The summed E-state index contributed by atoms with van der Waals surface area (Å²) in [6.45, 7) is 3.70. The van der Waals surface area contributed by atoms with Crippen molar-refractivity contribution in [3.8, 4) is 0 Å². The van der Waals surface area contributed by atoms with Crippen molar-refractivity contribution >= 4 is 27.5 Å². The second kappa shape index (κ2) is 6.55. The standard InChI is InChI=1S/C12H18N2O4S2/c1-2-18-12(15)13-6-4-7-14(9-8-13)20(16,17)11-5-3-10-19-11/h3,5,10H,2,4,6-9H2,1H3. The number of sulfonamides is 1. The van der Waals surface area contributed by atoms with Gasteiger partial charge < -0.3 is 9.64 Å². The van der Waals surface area contributed by atoms with E-state index in [1.165, 1.54) is 15.6 Å². The molecule has 2 rings (SSSR count). The van der Waals surface area contributed by atoms with Crippen LogP contribution in [-0.2, 0) is 14.8 Å². The Morgan fingerprint density at radius 2 is 2.15 bits per heavy atom. The van der Waals surface area contributed by atoms with Crippen LogP contribution >= 0.6 is 11.3 Å². The van der Waals surface area contributed by atoms with E-state index in [0.29, 0.717) is 43.4 Å². The lowest BCUT2D eigenvalue weighted by molar-refractivity contribution is 0.109. The van der Waals surface area contributed by atoms with E-state index < -0.39 is 10.0 Å². The first kappa shape index (κ1) is 15.3. The van der Waals surface area contributed by atoms with Crippen LogP contribution in [-0.4, -0.2) is 56.5 Å². The van der Waals surface area contributed by atoms with Crippen molar-refractivity contribution in [2.24, 2.45) is 0 Å². The number of rotatable bonds is 3. The molecule has 0 atom stereocenters. The largest absolute Gasteiger partial charge is 0.450 e. The smallest absolute Gasteiger partial charge is 0.409 e. The first-order valence-electron chi connectivity index (χ1n) is 6.51. The molecule has 8 heteroatoms. The monoisotopic (exact) mass is 318 g/mol. The molecule has 0 radical (unpaired) electrons. The van der Waals surface area contributed by atoms with E-state index in [1.54, 1.807) is 29.3 Å². The highest BCUT2D eigenvalue weighted by atomic mass is 32.2. The molecule has 0 unspecified atom stereocenters. The summed E-state index contributed by atoms with van der Waals surface area (Å²) in [7, 11) is -3.43. The third-order valence-electron chi connectivity index (χ3n) is 3.07. The molecular formula is C12H18N2O4S2. The third kappa shape index (κ3) is 3.31. The van der Waals surface area contributed by atoms with Gasteiger partial charge in [0.15, 0.2) is 0 Å². The normalized spacial score (nSPS) is 17.8. The molecule has 2 heterocycles. The summed E-state index contributed by atoms with van der Waals surface area (Å²) in [5, 5.41) is 1.75. The number of nitrogens with zero attached hydrogens (tertiary/aromatic N) is 2. The third-order valence-corrected chi connectivity index (χ3v) is 6.34. The maximum atomic E-state index is 12.4. The van der Waals surface area contributed by atoms with Crippen molar-refractivity contribution in [3.05, 3.63) is 17.5 Å². The van der Waals surface area contributed by atoms with Gasteiger partial charge in [-0.05, 0) is 24.8 Å². The summed E-state index contributed by atoms with van der Waals surface area (Å²) in [5.74, 6) is 0. The Kier molecular flexibility index (Phi) is 5.00. The lowest BCUT2D eigenvalue weighted by Gasteiger charge is -2.20. The van der Waals surface area contributed by atoms with Crippen molar-refractivity contribution in [1.82, 2.24) is 9.21 Å². The number of ether oxygens (including phenoxy) is 1. The van der Waals surface area contributed by atoms with Gasteiger partial charge in [0, 0.05) is 26.2 Å². The van der Waals surface area contributed by atoms with Crippen LogP contribution in [0.5, 0.6) is 0 Å². The van der Waals surface area contributed by atoms with Crippen LogP contribution in [0, 0.1) is 0 Å². The Bertz CT molecular complexity index is 542. The Morgan fingerprint density at radius 1 is 1.35 bits per heavy atom. The zero-order valence-electron chi connectivity index (χ0n) is 11.3. The highest BCUT2D eigenvalue weighted by Crippen LogP contribution is 2.22. The van der Waals surface area contributed by atoms with E-state index in [4.69, 9.17) is 4.74 Å². The molecule has 1 saturated heterocycles. The molecule has 112 valence electrons. The van der Waals surface area contributed by atoms with E-state index >= 15 is 0 Å². The molecule has 0 bridgehead atoms. The Morgan fingerprint density at radius 3 is 2.80 bits per heavy atom. The van der Waals surface area contributed by atoms with Gasteiger partial charge in [-0.2, -0.15) is 4.31 Å². The number of carbonyl (C=O) groups excluding carboxylic acids is 1. The molecular weight excluding hydrogens is 300 g/mol. The zero-order chi connectivity index (χ0) is 14.6. The van der Waals surface area contributed by atoms with Gasteiger partial charge in [-0.1, -0.05) is 6.07 Å². The lowest BCUT2D eigenvalue weighted by atomic mass is 10.4. The number of hydrogen-bond donors (Lipinski definition) is 0. The second-order valence-electron chi connectivity index (χ2n) is 4.38. The molecule has 0 aliphatic carbocycles. The summed E-state index contributed by atoms with van der Waals surface area (Å²) < 4.78 is 31.6. The minimum absolute atomic E-state index is 0.305. The quantitative estimate of drug-likeness (QED) is 0.849. The molecule has 0 saturated carbocycles. The number of carbonyl (C=O) groups is 1. The molecule has 0 spiro atoms. The number of amides is 1. The fraction of sp³-hybridized carbons (Fsp3) is 0.583. The molecule has 20 heavy (non-hydrogen) atoms. The summed E-state index contributed by atoms with van der Waals surface area (Å²) in [6.07, 6.45) is 0.242. The summed E-state index contributed by atoms with van der Waals surface area (Å²) in [4.78, 5) is 13.2. The Labute approximate surface area is 123 Å². The first-order chi connectivity index (χ1) is 9.55. The van der Waals surface area contributed by atoms with Crippen molar-refractivity contribution < 1.29 is 17.9 Å². The van der Waals surface area contributed by atoms with Crippen molar-refractivity contribution in [2.45, 2.75) is 17.6 Å². The highest BCUT2D eigenvalue weighted by Gasteiger charge is 2.29. The number of thiophene rings is 1. The van der Waals surface area contributed by atoms with Crippen LogP contribution in [0.1, 0.15) is 13.3 Å². The maximum Gasteiger partial charge on any atom is 0.409 e. The second-order valence-corrected chi connectivity index (χ2v) is 7.49. The molecule has 0 N–H and O–H groups in total. The molecule has 1 fully saturated rings. The van der Waals surface area contributed by atoms with Crippen molar-refractivity contribution in [2.75, 3.05) is 32.8 Å². The predicted octanol–water partition coefficient (Wildman–Crippen LogP) is 1.60. The van der Waals surface area contributed by atoms with E-state index in [1.807, 2.05) is 0 Å². The minimum atomic E-state index is -3.43. The SMILES string of the molecule is CCOC(=O)N1CCCN(S(=O)(=O)c2cccs2)CC1. The van der Waals surface area contributed by atoms with Crippen LogP contribution in [0.15, 0.2) is 21.7 Å². The van der Waals surface area contributed by atoms with E-state index in [2.05, 4.69) is 0 Å². The fourth-order valence-corrected chi connectivity index (χ4v) is 4.68. The topological polar surface area (TPSA) is 66.9 Å². The van der Waals surface area contributed by atoms with Gasteiger partial charge in [-0.3, -0.25) is 0 Å². The van der Waals surface area contributed by atoms with Gasteiger partial charge >= 0.3 is 6.09 Å². The van der Waals surface area contributed by atoms with Gasteiger partial charge in [0.05, 0.1) is 6.61 Å². The van der Waals surface area contributed by atoms with Crippen LogP contribution in [0.2, 0.25) is 0 Å². The van der Waals surface area contributed by atoms with Gasteiger partial charge in [0.1, 0.15) is 4.21 Å². The van der Waals surface area contributed by atoms with Gasteiger partial charge in [0.25, 0.3) is 10.0 Å². The minimum Gasteiger partial charge on any atom is -0.450 e. The van der Waals surface area contributed by atoms with Crippen LogP contribution in [0.4, 0.5) is 4.79 Å². The van der Waals surface area contributed by atoms with Crippen molar-refractivity contribution in [1.29, 1.82) is 0 Å². The van der Waals surface area contributed by atoms with Crippen LogP contribution < -0.4 is 0 Å². The van der Waals surface area contributed by atoms with Gasteiger partial charge in [-0.15, -0.1) is 11.3 Å². The average Bonchev–Trinajstić information content (AvgIpc) is 2.84. The van der Waals surface area contributed by atoms with Gasteiger partial charge in [-0.25, -0.2) is 13.2 Å². The van der Waals surface area contributed by atoms with E-state index in [0.717, 1.165) is 0 Å². The summed E-state index contributed by atoms with van der Waals surface area (Å²) in [6, 6.07) is 3.33. The molecule has 1 aromatic rings. The van der Waals surface area contributed by atoms with E-state index in [9.17, 15) is 13.2 Å². The summed E-state index contributed by atoms with van der Waals surface area (Å²) >= 11 is 1.21. The first-order valence-corrected chi connectivity index (χ1v) is 8.83. The predicted molar refractivity (Wildman–Crippen MR) is 76.3 cm³/mol. The molecule has 0 aromatic carbocycles. The Balaban J connectivity index is 2.05. The Hall–Kier alpha value is -1.12. The van der Waals surface area contributed by atoms with Crippen LogP contribution in [0.3, 0.4) is 0 Å². The maximum absolute atomic E-state index is 12.4. The molecule has 6 nitrogen and oxygen atoms in total. The van der Waals surface area contributed by atoms with Crippen molar-refractivity contribution in [3.63, 3.8) is 0 Å². The average molecular weight is 318 g/mol. The summed E-state index contributed by atoms with van der Waals surface area (Å²) in [5.41, 5.74) is 0. The molecule has 1 aliphatic heterocycles. The molecule has 1 amide bonds. The highest BCUT2D eigenvalue weighted by molar-refractivity contribution is 7.91. The molecule has 1 aliphatic rings. The van der Waals surface area contributed by atoms with Crippen LogP contribution in [0.25, 0.3) is 0 Å². The lowest BCUT2D eigenvalue weighted by Crippen LogP contribution is -2.37. The zero-order valence-corrected chi connectivity index (χ0v) is 13.0. The number of hydrogen-bond acceptors (Lipinski definition) is 5. The van der Waals surface area contributed by atoms with E-state index in [-0.39, 0.29) is 6.09 Å². The van der Waals surface area contributed by atoms with Gasteiger partial charge in [0.2, 0.25) is 0 Å². The fourth-order valence-electron chi connectivity index (χ4n) is 2.07.